The molecule has 0 bridgehead atoms. The van der Waals surface area contributed by atoms with Gasteiger partial charge in [0.2, 0.25) is 0 Å². The summed E-state index contributed by atoms with van der Waals surface area (Å²) < 4.78 is 4.99. The zero-order valence-corrected chi connectivity index (χ0v) is 7.84. The molecule has 4 nitrogen and oxygen atoms in total. The Balaban J connectivity index is 2.68. The third-order valence-corrected chi connectivity index (χ3v) is 2.00. The third-order valence-electron chi connectivity index (χ3n) is 2.00. The highest BCUT2D eigenvalue weighted by Crippen LogP contribution is 2.19. The lowest BCUT2D eigenvalue weighted by Crippen LogP contribution is -2.07. The van der Waals surface area contributed by atoms with Gasteiger partial charge in [-0.15, -0.1) is 0 Å². The number of nitrogens with two attached hydrogens (primary N) is 1. The Labute approximate surface area is 78.2 Å². The Bertz CT molecular complexity index is 256. The number of methoxy groups -OCH3 is 1. The van der Waals surface area contributed by atoms with Gasteiger partial charge in [-0.1, -0.05) is 0 Å². The van der Waals surface area contributed by atoms with Gasteiger partial charge in [-0.2, -0.15) is 0 Å². The molecule has 0 saturated heterocycles. The summed E-state index contributed by atoms with van der Waals surface area (Å²) in [5.74, 6) is 0.507. The zero-order chi connectivity index (χ0) is 9.68. The predicted octanol–water partition coefficient (Wildman–Crippen LogP) is 0.381. The number of hydrogen-bond acceptors (Lipinski definition) is 4. The molecule has 0 saturated carbocycles. The van der Waals surface area contributed by atoms with Crippen LogP contribution in [0.5, 0.6) is 0 Å². The standard InChI is InChI=1S/C9H15N3O/c1-11-9(10)8-6-12-5-7(8)3-4-13-2/h5,12H,1,3-4,6,10H2,2H3/b9-8+. The second-order valence-electron chi connectivity index (χ2n) is 2.82. The fraction of sp³-hybridized carbons (Fsp3) is 0.444. The lowest BCUT2D eigenvalue weighted by Gasteiger charge is -2.05. The fourth-order valence-electron chi connectivity index (χ4n) is 1.26. The Morgan fingerprint density at radius 2 is 2.62 bits per heavy atom. The number of aliphatic imine (C=N–C) groups is 1. The van der Waals surface area contributed by atoms with E-state index in [2.05, 4.69) is 17.0 Å². The van der Waals surface area contributed by atoms with Crippen molar-refractivity contribution in [3.05, 3.63) is 23.2 Å². The average Bonchev–Trinajstić information content (AvgIpc) is 2.61. The van der Waals surface area contributed by atoms with E-state index >= 15 is 0 Å². The van der Waals surface area contributed by atoms with Crippen molar-refractivity contribution in [2.24, 2.45) is 10.7 Å². The van der Waals surface area contributed by atoms with Crippen molar-refractivity contribution >= 4 is 6.72 Å². The van der Waals surface area contributed by atoms with Crippen molar-refractivity contribution in [1.29, 1.82) is 0 Å². The van der Waals surface area contributed by atoms with Crippen LogP contribution in [0, 0.1) is 0 Å². The van der Waals surface area contributed by atoms with E-state index in [9.17, 15) is 0 Å². The van der Waals surface area contributed by atoms with Crippen LogP contribution < -0.4 is 11.1 Å². The Morgan fingerprint density at radius 1 is 1.85 bits per heavy atom. The molecule has 1 rings (SSSR count). The number of ether oxygens (including phenoxy) is 1. The van der Waals surface area contributed by atoms with Crippen LogP contribution in [0.4, 0.5) is 0 Å². The highest BCUT2D eigenvalue weighted by Gasteiger charge is 2.13. The van der Waals surface area contributed by atoms with Crippen molar-refractivity contribution in [2.75, 3.05) is 20.3 Å². The molecule has 0 fully saturated rings. The number of hydrogen-bond donors (Lipinski definition) is 2. The summed E-state index contributed by atoms with van der Waals surface area (Å²) in [7, 11) is 1.68. The van der Waals surface area contributed by atoms with Crippen molar-refractivity contribution in [3.63, 3.8) is 0 Å². The summed E-state index contributed by atoms with van der Waals surface area (Å²) in [5.41, 5.74) is 7.86. The molecule has 0 amide bonds. The second-order valence-corrected chi connectivity index (χ2v) is 2.82. The predicted molar refractivity (Wildman–Crippen MR) is 53.3 cm³/mol. The Morgan fingerprint density at radius 3 is 3.23 bits per heavy atom. The number of nitrogens with one attached hydrogen (secondary N) is 1. The normalized spacial score (nSPS) is 19.3. The maximum Gasteiger partial charge on any atom is 0.127 e. The summed E-state index contributed by atoms with van der Waals surface area (Å²) in [6, 6.07) is 0. The van der Waals surface area contributed by atoms with Gasteiger partial charge in [0.1, 0.15) is 5.82 Å². The van der Waals surface area contributed by atoms with Gasteiger partial charge < -0.3 is 15.8 Å². The fourth-order valence-corrected chi connectivity index (χ4v) is 1.26. The van der Waals surface area contributed by atoms with Crippen LogP contribution in [-0.4, -0.2) is 27.0 Å². The minimum Gasteiger partial charge on any atom is -0.386 e. The monoisotopic (exact) mass is 181 g/mol. The largest absolute Gasteiger partial charge is 0.386 e. The van der Waals surface area contributed by atoms with Crippen molar-refractivity contribution in [3.8, 4) is 0 Å². The minimum atomic E-state index is 0.507. The molecule has 72 valence electrons. The van der Waals surface area contributed by atoms with Crippen molar-refractivity contribution in [2.45, 2.75) is 6.42 Å². The Kier molecular flexibility index (Phi) is 3.52. The van der Waals surface area contributed by atoms with Crippen LogP contribution >= 0.6 is 0 Å². The van der Waals surface area contributed by atoms with Gasteiger partial charge in [0, 0.05) is 25.4 Å². The van der Waals surface area contributed by atoms with E-state index in [4.69, 9.17) is 10.5 Å². The van der Waals surface area contributed by atoms with Gasteiger partial charge in [-0.3, -0.25) is 0 Å². The van der Waals surface area contributed by atoms with E-state index in [1.54, 1.807) is 7.11 Å². The van der Waals surface area contributed by atoms with Crippen molar-refractivity contribution < 1.29 is 4.74 Å². The lowest BCUT2D eigenvalue weighted by molar-refractivity contribution is 0.202. The van der Waals surface area contributed by atoms with Gasteiger partial charge >= 0.3 is 0 Å². The number of nitrogens with zero attached hydrogens (tertiary/aromatic N) is 1. The van der Waals surface area contributed by atoms with Crippen LogP contribution in [0.2, 0.25) is 0 Å². The van der Waals surface area contributed by atoms with Gasteiger partial charge in [-0.05, 0) is 18.7 Å². The molecule has 4 heteroatoms. The van der Waals surface area contributed by atoms with Crippen LogP contribution in [0.15, 0.2) is 28.2 Å². The molecular formula is C9H15N3O. The lowest BCUT2D eigenvalue weighted by atomic mass is 10.1. The first-order valence-corrected chi connectivity index (χ1v) is 4.16. The minimum absolute atomic E-state index is 0.507. The summed E-state index contributed by atoms with van der Waals surface area (Å²) in [4.78, 5) is 3.71. The molecule has 0 atom stereocenters. The molecule has 13 heavy (non-hydrogen) atoms. The van der Waals surface area contributed by atoms with E-state index in [-0.39, 0.29) is 0 Å². The zero-order valence-electron chi connectivity index (χ0n) is 7.84. The summed E-state index contributed by atoms with van der Waals surface area (Å²) in [6.45, 7) is 4.84. The van der Waals surface area contributed by atoms with E-state index in [0.717, 1.165) is 24.1 Å². The molecule has 0 aromatic heterocycles. The summed E-state index contributed by atoms with van der Waals surface area (Å²) in [6.07, 6.45) is 2.81. The topological polar surface area (TPSA) is 59.6 Å². The van der Waals surface area contributed by atoms with Crippen molar-refractivity contribution in [1.82, 2.24) is 5.32 Å². The molecule has 0 aromatic carbocycles. The van der Waals surface area contributed by atoms with Gasteiger partial charge in [0.05, 0.1) is 6.61 Å². The molecule has 1 aliphatic rings. The first kappa shape index (κ1) is 9.80. The number of rotatable bonds is 4. The quantitative estimate of drug-likeness (QED) is 0.616. The van der Waals surface area contributed by atoms with Crippen LogP contribution in [0.25, 0.3) is 0 Å². The van der Waals surface area contributed by atoms with E-state index in [1.807, 2.05) is 6.20 Å². The molecule has 0 radical (unpaired) electrons. The van der Waals surface area contributed by atoms with Crippen LogP contribution in [0.3, 0.4) is 0 Å². The SMILES string of the molecule is C=N/C(N)=C1\CNC=C1CCOC. The van der Waals surface area contributed by atoms with Crippen LogP contribution in [0.1, 0.15) is 6.42 Å². The molecule has 0 unspecified atom stereocenters. The Hall–Kier alpha value is -1.29. The highest BCUT2D eigenvalue weighted by atomic mass is 16.5. The summed E-state index contributed by atoms with van der Waals surface area (Å²) in [5, 5.41) is 3.10. The first-order chi connectivity index (χ1) is 6.29. The van der Waals surface area contributed by atoms with Gasteiger partial charge in [0.15, 0.2) is 0 Å². The van der Waals surface area contributed by atoms with E-state index < -0.39 is 0 Å². The van der Waals surface area contributed by atoms with E-state index in [0.29, 0.717) is 12.4 Å². The van der Waals surface area contributed by atoms with Crippen LogP contribution in [-0.2, 0) is 4.74 Å². The van der Waals surface area contributed by atoms with Gasteiger partial charge in [0.25, 0.3) is 0 Å². The molecule has 3 N–H and O–H groups in total. The molecule has 0 spiro atoms. The molecular weight excluding hydrogens is 166 g/mol. The van der Waals surface area contributed by atoms with E-state index in [1.165, 1.54) is 0 Å². The highest BCUT2D eigenvalue weighted by molar-refractivity contribution is 5.41. The smallest absolute Gasteiger partial charge is 0.127 e. The van der Waals surface area contributed by atoms with Gasteiger partial charge in [-0.25, -0.2) is 4.99 Å². The first-order valence-electron chi connectivity index (χ1n) is 4.16. The summed E-state index contributed by atoms with van der Waals surface area (Å²) >= 11 is 0. The second kappa shape index (κ2) is 4.67. The molecule has 0 aliphatic carbocycles. The average molecular weight is 181 g/mol. The third kappa shape index (κ3) is 2.32. The molecule has 0 aromatic rings. The maximum atomic E-state index is 5.67. The molecule has 1 aliphatic heterocycles. The maximum absolute atomic E-state index is 5.67. The molecule has 1 heterocycles.